The highest BCUT2D eigenvalue weighted by molar-refractivity contribution is 9.10. The first-order chi connectivity index (χ1) is 13.4. The second-order valence-electron chi connectivity index (χ2n) is 5.67. The molecule has 0 unspecified atom stereocenters. The van der Waals surface area contributed by atoms with E-state index >= 15 is 0 Å². The Morgan fingerprint density at radius 3 is 2.75 bits per heavy atom. The van der Waals surface area contributed by atoms with Crippen molar-refractivity contribution in [1.29, 1.82) is 0 Å². The third-order valence-electron chi connectivity index (χ3n) is 3.59. The number of esters is 1. The van der Waals surface area contributed by atoms with Gasteiger partial charge in [-0.05, 0) is 29.8 Å². The molecule has 9 heteroatoms. The normalized spacial score (nSPS) is 10.5. The molecule has 0 saturated heterocycles. The number of thiazole rings is 1. The Labute approximate surface area is 183 Å². The summed E-state index contributed by atoms with van der Waals surface area (Å²) < 4.78 is 5.94. The van der Waals surface area contributed by atoms with Gasteiger partial charge in [-0.2, -0.15) is 0 Å². The molecule has 5 nitrogen and oxygen atoms in total. The van der Waals surface area contributed by atoms with E-state index in [2.05, 4.69) is 26.2 Å². The first kappa shape index (κ1) is 20.8. The van der Waals surface area contributed by atoms with Gasteiger partial charge in [-0.25, -0.2) is 4.98 Å². The summed E-state index contributed by atoms with van der Waals surface area (Å²) in [6.45, 7) is -0.407. The fraction of sp³-hybridized carbons (Fsp3) is 0.105. The monoisotopic (exact) mass is 498 g/mol. The molecule has 0 fully saturated rings. The predicted octanol–water partition coefficient (Wildman–Crippen LogP) is 5.60. The minimum absolute atomic E-state index is 0.0480. The van der Waals surface area contributed by atoms with Crippen molar-refractivity contribution in [1.82, 2.24) is 4.98 Å². The quantitative estimate of drug-likeness (QED) is 0.448. The molecule has 1 aromatic heterocycles. The maximum atomic E-state index is 12.0. The van der Waals surface area contributed by atoms with Crippen molar-refractivity contribution in [2.75, 3.05) is 11.9 Å². The first-order valence-corrected chi connectivity index (χ1v) is 10.4. The number of anilines is 1. The summed E-state index contributed by atoms with van der Waals surface area (Å²) in [4.78, 5) is 28.3. The van der Waals surface area contributed by atoms with Crippen molar-refractivity contribution in [3.05, 3.63) is 67.9 Å². The van der Waals surface area contributed by atoms with Crippen molar-refractivity contribution >= 4 is 67.5 Å². The molecule has 0 spiro atoms. The van der Waals surface area contributed by atoms with Crippen molar-refractivity contribution in [2.45, 2.75) is 6.42 Å². The van der Waals surface area contributed by atoms with Gasteiger partial charge in [-0.3, -0.25) is 14.9 Å². The van der Waals surface area contributed by atoms with Crippen LogP contribution in [0.25, 0.3) is 11.3 Å². The molecular formula is C19H13BrCl2N2O3S. The number of nitrogens with zero attached hydrogens (tertiary/aromatic N) is 1. The maximum absolute atomic E-state index is 12.0. The van der Waals surface area contributed by atoms with E-state index in [-0.39, 0.29) is 6.42 Å². The average Bonchev–Trinajstić information content (AvgIpc) is 3.11. The number of aromatic nitrogens is 1. The number of benzene rings is 2. The summed E-state index contributed by atoms with van der Waals surface area (Å²) in [5, 5.41) is 5.74. The van der Waals surface area contributed by atoms with Gasteiger partial charge in [-0.1, -0.05) is 57.3 Å². The number of carbonyl (C=O) groups is 2. The van der Waals surface area contributed by atoms with E-state index in [9.17, 15) is 9.59 Å². The summed E-state index contributed by atoms with van der Waals surface area (Å²) in [5.41, 5.74) is 2.25. The topological polar surface area (TPSA) is 68.3 Å². The molecular weight excluding hydrogens is 487 g/mol. The summed E-state index contributed by atoms with van der Waals surface area (Å²) in [5.74, 6) is -1.03. The minimum atomic E-state index is -0.562. The highest BCUT2D eigenvalue weighted by atomic mass is 79.9. The van der Waals surface area contributed by atoms with Gasteiger partial charge in [0.25, 0.3) is 5.91 Å². The second-order valence-corrected chi connectivity index (χ2v) is 8.29. The van der Waals surface area contributed by atoms with Gasteiger partial charge in [0.15, 0.2) is 11.7 Å². The molecule has 0 atom stereocenters. The van der Waals surface area contributed by atoms with Crippen LogP contribution in [0.1, 0.15) is 5.56 Å². The van der Waals surface area contributed by atoms with Crippen LogP contribution in [0.2, 0.25) is 10.0 Å². The van der Waals surface area contributed by atoms with Gasteiger partial charge < -0.3 is 4.74 Å². The summed E-state index contributed by atoms with van der Waals surface area (Å²) in [7, 11) is 0. The third-order valence-corrected chi connectivity index (χ3v) is 5.42. The summed E-state index contributed by atoms with van der Waals surface area (Å²) in [6, 6.07) is 12.5. The number of amides is 1. The molecule has 28 heavy (non-hydrogen) atoms. The Balaban J connectivity index is 1.51. The lowest BCUT2D eigenvalue weighted by atomic mass is 10.1. The van der Waals surface area contributed by atoms with Gasteiger partial charge in [0.05, 0.1) is 12.1 Å². The van der Waals surface area contributed by atoms with Crippen LogP contribution in [0.3, 0.4) is 0 Å². The fourth-order valence-electron chi connectivity index (χ4n) is 2.28. The Kier molecular flexibility index (Phi) is 7.07. The molecule has 3 rings (SSSR count). The zero-order chi connectivity index (χ0) is 20.1. The largest absolute Gasteiger partial charge is 0.455 e. The van der Waals surface area contributed by atoms with Gasteiger partial charge in [0, 0.05) is 25.5 Å². The zero-order valence-electron chi connectivity index (χ0n) is 14.2. The Morgan fingerprint density at radius 2 is 2.00 bits per heavy atom. The van der Waals surface area contributed by atoms with Crippen molar-refractivity contribution in [3.8, 4) is 11.3 Å². The molecule has 0 bridgehead atoms. The maximum Gasteiger partial charge on any atom is 0.310 e. The lowest BCUT2D eigenvalue weighted by Gasteiger charge is -2.06. The Bertz CT molecular complexity index is 1030. The zero-order valence-corrected chi connectivity index (χ0v) is 18.2. The molecule has 0 saturated carbocycles. The van der Waals surface area contributed by atoms with Gasteiger partial charge >= 0.3 is 5.97 Å². The summed E-state index contributed by atoms with van der Waals surface area (Å²) >= 11 is 16.6. The van der Waals surface area contributed by atoms with E-state index in [4.69, 9.17) is 27.9 Å². The molecule has 1 heterocycles. The van der Waals surface area contributed by atoms with Gasteiger partial charge in [0.1, 0.15) is 0 Å². The van der Waals surface area contributed by atoms with Crippen LogP contribution in [0, 0.1) is 0 Å². The predicted molar refractivity (Wildman–Crippen MR) is 115 cm³/mol. The number of ether oxygens (including phenoxy) is 1. The van der Waals surface area contributed by atoms with Gasteiger partial charge in [-0.15, -0.1) is 11.3 Å². The molecule has 1 amide bonds. The molecule has 0 aliphatic carbocycles. The molecule has 3 aromatic rings. The molecule has 0 aliphatic rings. The highest BCUT2D eigenvalue weighted by Crippen LogP contribution is 2.27. The second kappa shape index (κ2) is 9.52. The molecule has 144 valence electrons. The van der Waals surface area contributed by atoms with Crippen molar-refractivity contribution < 1.29 is 14.3 Å². The number of rotatable bonds is 6. The Morgan fingerprint density at radius 1 is 1.18 bits per heavy atom. The van der Waals surface area contributed by atoms with E-state index in [1.807, 2.05) is 29.6 Å². The number of hydrogen-bond donors (Lipinski definition) is 1. The smallest absolute Gasteiger partial charge is 0.310 e. The van der Waals surface area contributed by atoms with Crippen LogP contribution in [-0.4, -0.2) is 23.5 Å². The highest BCUT2D eigenvalue weighted by Gasteiger charge is 2.13. The molecule has 2 aromatic carbocycles. The first-order valence-electron chi connectivity index (χ1n) is 8.01. The fourth-order valence-corrected chi connectivity index (χ4v) is 3.89. The number of nitrogens with one attached hydrogen (secondary N) is 1. The number of hydrogen-bond acceptors (Lipinski definition) is 5. The van der Waals surface area contributed by atoms with Crippen molar-refractivity contribution in [3.63, 3.8) is 0 Å². The Hall–Kier alpha value is -1.93. The van der Waals surface area contributed by atoms with E-state index in [1.54, 1.807) is 18.2 Å². The number of halogens is 3. The van der Waals surface area contributed by atoms with Crippen LogP contribution >= 0.6 is 50.5 Å². The van der Waals surface area contributed by atoms with Crippen LogP contribution in [0.4, 0.5) is 5.13 Å². The number of carbonyl (C=O) groups excluding carboxylic acids is 2. The molecule has 1 N–H and O–H groups in total. The van der Waals surface area contributed by atoms with Crippen LogP contribution < -0.4 is 5.32 Å². The van der Waals surface area contributed by atoms with Crippen LogP contribution in [-0.2, 0) is 20.7 Å². The van der Waals surface area contributed by atoms with E-state index in [1.165, 1.54) is 11.3 Å². The van der Waals surface area contributed by atoms with Gasteiger partial charge in [0.2, 0.25) is 0 Å². The molecule has 0 aliphatic heterocycles. The molecule has 0 radical (unpaired) electrons. The van der Waals surface area contributed by atoms with E-state index in [0.29, 0.717) is 20.7 Å². The average molecular weight is 500 g/mol. The minimum Gasteiger partial charge on any atom is -0.455 e. The lowest BCUT2D eigenvalue weighted by Crippen LogP contribution is -2.21. The van der Waals surface area contributed by atoms with Crippen molar-refractivity contribution in [2.24, 2.45) is 0 Å². The van der Waals surface area contributed by atoms with E-state index in [0.717, 1.165) is 15.7 Å². The van der Waals surface area contributed by atoms with Crippen LogP contribution in [0.5, 0.6) is 0 Å². The van der Waals surface area contributed by atoms with Crippen LogP contribution in [0.15, 0.2) is 52.3 Å². The van der Waals surface area contributed by atoms with E-state index < -0.39 is 18.5 Å². The summed E-state index contributed by atoms with van der Waals surface area (Å²) in [6.07, 6.45) is -0.0480. The lowest BCUT2D eigenvalue weighted by molar-refractivity contribution is -0.146. The SMILES string of the molecule is O=C(COC(=O)Cc1ccc(Cl)cc1Cl)Nc1nc(-c2cccc(Br)c2)cs1. The third kappa shape index (κ3) is 5.78. The standard InChI is InChI=1S/C19H13BrCl2N2O3S/c20-13-3-1-2-12(6-13)16-10-28-19(23-16)24-17(25)9-27-18(26)7-11-4-5-14(21)8-15(11)22/h1-6,8,10H,7,9H2,(H,23,24,25).